The van der Waals surface area contributed by atoms with E-state index in [9.17, 15) is 12.8 Å². The summed E-state index contributed by atoms with van der Waals surface area (Å²) in [5.41, 5.74) is 6.55. The van der Waals surface area contributed by atoms with Crippen LogP contribution in [-0.2, 0) is 23.3 Å². The van der Waals surface area contributed by atoms with Crippen molar-refractivity contribution in [3.05, 3.63) is 81.9 Å². The van der Waals surface area contributed by atoms with Crippen LogP contribution in [0.3, 0.4) is 0 Å². The summed E-state index contributed by atoms with van der Waals surface area (Å²) in [6.45, 7) is 13.1. The molecule has 2 atom stereocenters. The van der Waals surface area contributed by atoms with Gasteiger partial charge in [0.25, 0.3) is 16.0 Å². The molecule has 2 aromatic carbocycles. The molecule has 9 heteroatoms. The molecule has 5 rings (SSSR count). The van der Waals surface area contributed by atoms with Crippen molar-refractivity contribution in [3.8, 4) is 5.88 Å². The Balaban J connectivity index is 0.000000219. The van der Waals surface area contributed by atoms with Crippen LogP contribution in [0, 0.1) is 52.3 Å². The summed E-state index contributed by atoms with van der Waals surface area (Å²) in [6, 6.07) is 9.80. The van der Waals surface area contributed by atoms with Gasteiger partial charge in [-0.2, -0.15) is 13.5 Å². The van der Waals surface area contributed by atoms with Crippen molar-refractivity contribution in [2.45, 2.75) is 66.0 Å². The predicted octanol–water partition coefficient (Wildman–Crippen LogP) is 6.28. The molecule has 1 aliphatic carbocycles. The van der Waals surface area contributed by atoms with Crippen molar-refractivity contribution in [1.82, 2.24) is 14.8 Å². The summed E-state index contributed by atoms with van der Waals surface area (Å²) in [4.78, 5) is 0.0260. The molecule has 202 valence electrons. The van der Waals surface area contributed by atoms with Gasteiger partial charge in [-0.3, -0.25) is 4.55 Å². The third-order valence-electron chi connectivity index (χ3n) is 7.26. The lowest BCUT2D eigenvalue weighted by molar-refractivity contribution is 0.292. The molecule has 0 amide bonds. The molecule has 1 aliphatic rings. The van der Waals surface area contributed by atoms with Crippen LogP contribution in [0.25, 0.3) is 10.9 Å². The molecule has 2 heterocycles. The Labute approximate surface area is 223 Å². The minimum atomic E-state index is -4.08. The topological polar surface area (TPSA) is 94.3 Å². The van der Waals surface area contributed by atoms with E-state index < -0.39 is 10.1 Å². The molecule has 0 bridgehead atoms. The fourth-order valence-corrected chi connectivity index (χ4v) is 5.91. The maximum Gasteiger partial charge on any atom is 0.295 e. The Bertz CT molecular complexity index is 1560. The molecule has 1 saturated carbocycles. The molecule has 7 nitrogen and oxygen atoms in total. The highest BCUT2D eigenvalue weighted by Crippen LogP contribution is 2.41. The molecular weight excluding hydrogens is 505 g/mol. The van der Waals surface area contributed by atoms with E-state index in [2.05, 4.69) is 35.5 Å². The van der Waals surface area contributed by atoms with Crippen molar-refractivity contribution in [1.29, 1.82) is 0 Å². The van der Waals surface area contributed by atoms with Gasteiger partial charge >= 0.3 is 0 Å². The molecule has 0 spiro atoms. The van der Waals surface area contributed by atoms with Crippen LogP contribution in [0.5, 0.6) is 5.88 Å². The van der Waals surface area contributed by atoms with Crippen molar-refractivity contribution in [3.63, 3.8) is 0 Å². The van der Waals surface area contributed by atoms with Crippen LogP contribution in [0.15, 0.2) is 47.5 Å². The summed E-state index contributed by atoms with van der Waals surface area (Å²) in [5, 5.41) is 9.44. The Kier molecular flexibility index (Phi) is 7.90. The molecule has 4 aromatic rings. The van der Waals surface area contributed by atoms with Crippen molar-refractivity contribution in [2.24, 2.45) is 11.8 Å². The number of benzene rings is 2. The molecular formula is C29H34FN3O4S. The van der Waals surface area contributed by atoms with Crippen LogP contribution in [0.2, 0.25) is 0 Å². The van der Waals surface area contributed by atoms with E-state index in [1.54, 1.807) is 38.1 Å². The van der Waals surface area contributed by atoms with E-state index in [0.29, 0.717) is 23.6 Å². The maximum absolute atomic E-state index is 13.1. The van der Waals surface area contributed by atoms with Gasteiger partial charge < -0.3 is 9.30 Å². The highest BCUT2D eigenvalue weighted by atomic mass is 32.2. The van der Waals surface area contributed by atoms with Crippen molar-refractivity contribution < 1.29 is 22.1 Å². The fourth-order valence-electron chi connectivity index (χ4n) is 4.98. The third kappa shape index (κ3) is 6.05. The third-order valence-corrected chi connectivity index (χ3v) is 8.42. The molecule has 0 aliphatic heterocycles. The number of aryl methyl sites for hydroxylation is 4. The molecule has 1 N–H and O–H groups in total. The molecule has 38 heavy (non-hydrogen) atoms. The van der Waals surface area contributed by atoms with E-state index in [-0.39, 0.29) is 10.7 Å². The Morgan fingerprint density at radius 2 is 1.68 bits per heavy atom. The van der Waals surface area contributed by atoms with Gasteiger partial charge in [0.15, 0.2) is 0 Å². The number of fused-ring (bicyclic) bond motifs is 1. The van der Waals surface area contributed by atoms with Crippen molar-refractivity contribution in [2.75, 3.05) is 0 Å². The van der Waals surface area contributed by atoms with Gasteiger partial charge in [-0.1, -0.05) is 36.8 Å². The highest BCUT2D eigenvalue weighted by Gasteiger charge is 2.34. The Hall–Kier alpha value is -3.30. The summed E-state index contributed by atoms with van der Waals surface area (Å²) in [7, 11) is -4.08. The number of rotatable bonds is 6. The zero-order valence-electron chi connectivity index (χ0n) is 22.6. The lowest BCUT2D eigenvalue weighted by Gasteiger charge is -2.11. The summed E-state index contributed by atoms with van der Waals surface area (Å²) < 4.78 is 52.1. The van der Waals surface area contributed by atoms with Crippen LogP contribution in [0.4, 0.5) is 4.39 Å². The first-order chi connectivity index (χ1) is 17.9. The van der Waals surface area contributed by atoms with E-state index in [1.165, 1.54) is 29.8 Å². The summed E-state index contributed by atoms with van der Waals surface area (Å²) in [5.74, 6) is 1.82. The normalized spacial score (nSPS) is 16.7. The van der Waals surface area contributed by atoms with Gasteiger partial charge in [-0.15, -0.1) is 5.10 Å². The largest absolute Gasteiger partial charge is 0.470 e. The number of halogens is 1. The Morgan fingerprint density at radius 1 is 1.08 bits per heavy atom. The minimum Gasteiger partial charge on any atom is -0.470 e. The second-order valence-corrected chi connectivity index (χ2v) is 11.7. The van der Waals surface area contributed by atoms with Crippen LogP contribution in [-0.4, -0.2) is 27.7 Å². The quantitative estimate of drug-likeness (QED) is 0.290. The van der Waals surface area contributed by atoms with Gasteiger partial charge in [0.05, 0.1) is 11.1 Å². The van der Waals surface area contributed by atoms with Crippen LogP contribution < -0.4 is 4.74 Å². The summed E-state index contributed by atoms with van der Waals surface area (Å²) in [6.07, 6.45) is 3.09. The average Bonchev–Trinajstić information content (AvgIpc) is 3.48. The van der Waals surface area contributed by atoms with E-state index in [4.69, 9.17) is 9.29 Å². The van der Waals surface area contributed by atoms with Gasteiger partial charge in [-0.05, 0) is 87.3 Å². The Morgan fingerprint density at radius 3 is 2.24 bits per heavy atom. The molecule has 0 saturated heterocycles. The molecule has 0 radical (unpaired) electrons. The molecule has 2 aromatic heterocycles. The van der Waals surface area contributed by atoms with E-state index in [1.807, 2.05) is 13.1 Å². The number of ether oxygens (including phenoxy) is 1. The zero-order chi connectivity index (χ0) is 27.8. The SMILES string of the molecule is Cc1c(C)n(C[C@H]2C[C@@H]2C)c2c(OCc3ccc(F)cc3)nncc12.Cc1cc(C)c(S(=O)(=O)O)c(C)c1. The first kappa shape index (κ1) is 27.7. The zero-order valence-corrected chi connectivity index (χ0v) is 23.4. The van der Waals surface area contributed by atoms with E-state index in [0.717, 1.165) is 40.4 Å². The van der Waals surface area contributed by atoms with Crippen LogP contribution >= 0.6 is 0 Å². The average molecular weight is 540 g/mol. The van der Waals surface area contributed by atoms with E-state index >= 15 is 0 Å². The second-order valence-electron chi connectivity index (χ2n) is 10.3. The standard InChI is InChI=1S/C20H22FN3O.C9H12O3S/c1-12-8-16(12)10-24-14(3)13(2)18-9-22-23-20(19(18)24)25-11-15-4-6-17(21)7-5-15;1-6-4-7(2)9(8(3)5-6)13(10,11)12/h4-7,9,12,16H,8,10-11H2,1-3H3;4-5H,1-3H3,(H,10,11,12)/t12-,16+;/m0./s1. The maximum atomic E-state index is 13.1. The first-order valence-corrected chi connectivity index (χ1v) is 14.0. The van der Waals surface area contributed by atoms with Crippen molar-refractivity contribution >= 4 is 21.0 Å². The number of hydrogen-bond acceptors (Lipinski definition) is 5. The predicted molar refractivity (Wildman–Crippen MR) is 145 cm³/mol. The minimum absolute atomic E-state index is 0.0260. The number of hydrogen-bond donors (Lipinski definition) is 1. The van der Waals surface area contributed by atoms with Gasteiger partial charge in [0.2, 0.25) is 0 Å². The van der Waals surface area contributed by atoms with Crippen LogP contribution in [0.1, 0.15) is 46.9 Å². The second kappa shape index (κ2) is 10.8. The monoisotopic (exact) mass is 539 g/mol. The van der Waals surface area contributed by atoms with Gasteiger partial charge in [0.1, 0.15) is 17.9 Å². The van der Waals surface area contributed by atoms with Gasteiger partial charge in [-0.25, -0.2) is 4.39 Å². The fraction of sp³-hybridized carbons (Fsp3) is 0.379. The number of nitrogens with zero attached hydrogens (tertiary/aromatic N) is 3. The lowest BCUT2D eigenvalue weighted by atomic mass is 10.1. The smallest absolute Gasteiger partial charge is 0.295 e. The highest BCUT2D eigenvalue weighted by molar-refractivity contribution is 7.86. The summed E-state index contributed by atoms with van der Waals surface area (Å²) >= 11 is 0. The molecule has 0 unspecified atom stereocenters. The molecule has 1 fully saturated rings. The number of aromatic nitrogens is 3. The first-order valence-electron chi connectivity index (χ1n) is 12.6. The van der Waals surface area contributed by atoms with Gasteiger partial charge in [0, 0.05) is 17.6 Å². The lowest BCUT2D eigenvalue weighted by Crippen LogP contribution is -2.06.